The first-order chi connectivity index (χ1) is 5.45. The average Bonchev–Trinajstić information content (AvgIpc) is 2.29. The number of nitrogens with zero attached hydrogens (tertiary/aromatic N) is 2. The van der Waals surface area contributed by atoms with Gasteiger partial charge >= 0.3 is 0 Å². The fourth-order valence-corrected chi connectivity index (χ4v) is 0.674. The van der Waals surface area contributed by atoms with Crippen molar-refractivity contribution in [3.05, 3.63) is 11.6 Å². The second-order valence-corrected chi connectivity index (χ2v) is 2.90. The number of rotatable bonds is 1. The Morgan fingerprint density at radius 2 is 2.25 bits per heavy atom. The van der Waals surface area contributed by atoms with Crippen LogP contribution in [0.15, 0.2) is 4.42 Å². The van der Waals surface area contributed by atoms with Gasteiger partial charge in [-0.2, -0.15) is 10.2 Å². The molecule has 0 saturated heterocycles. The van der Waals surface area contributed by atoms with Crippen LogP contribution in [0, 0.1) is 11.3 Å². The predicted octanol–water partition coefficient (Wildman–Crippen LogP) is 0.356. The molecule has 1 aromatic rings. The molecule has 0 aromatic carbocycles. The lowest BCUT2D eigenvalue weighted by molar-refractivity contribution is 0.0492. The van der Waals surface area contributed by atoms with E-state index in [2.05, 4.69) is 4.98 Å². The van der Waals surface area contributed by atoms with E-state index in [9.17, 15) is 5.11 Å². The van der Waals surface area contributed by atoms with E-state index in [4.69, 9.17) is 15.4 Å². The van der Waals surface area contributed by atoms with Crippen LogP contribution in [-0.4, -0.2) is 10.1 Å². The number of nitriles is 1. The van der Waals surface area contributed by atoms with Crippen molar-refractivity contribution in [2.24, 2.45) is 0 Å². The molecule has 5 heteroatoms. The molecule has 1 heterocycles. The van der Waals surface area contributed by atoms with Crippen molar-refractivity contribution >= 4 is 5.88 Å². The van der Waals surface area contributed by atoms with Gasteiger partial charge in [0, 0.05) is 0 Å². The SMILES string of the molecule is CC(C)(O)c1nc(C#N)c(N)o1. The molecular weight excluding hydrogens is 158 g/mol. The number of oxazole rings is 1. The van der Waals surface area contributed by atoms with Crippen molar-refractivity contribution in [3.63, 3.8) is 0 Å². The third-order valence-corrected chi connectivity index (χ3v) is 1.28. The minimum atomic E-state index is -1.21. The van der Waals surface area contributed by atoms with Crippen LogP contribution in [0.5, 0.6) is 0 Å². The lowest BCUT2D eigenvalue weighted by atomic mass is 10.1. The predicted molar refractivity (Wildman–Crippen MR) is 40.9 cm³/mol. The first-order valence-corrected chi connectivity index (χ1v) is 3.34. The Morgan fingerprint density at radius 3 is 2.50 bits per heavy atom. The average molecular weight is 167 g/mol. The highest BCUT2D eigenvalue weighted by Gasteiger charge is 2.24. The smallest absolute Gasteiger partial charge is 0.229 e. The molecule has 0 bridgehead atoms. The Bertz CT molecular complexity index is 329. The molecule has 0 radical (unpaired) electrons. The van der Waals surface area contributed by atoms with E-state index in [0.29, 0.717) is 0 Å². The van der Waals surface area contributed by atoms with Gasteiger partial charge < -0.3 is 15.3 Å². The number of nitrogens with two attached hydrogens (primary N) is 1. The van der Waals surface area contributed by atoms with Crippen molar-refractivity contribution in [2.75, 3.05) is 5.73 Å². The maximum atomic E-state index is 9.40. The van der Waals surface area contributed by atoms with Gasteiger partial charge in [0.2, 0.25) is 17.5 Å². The third-order valence-electron chi connectivity index (χ3n) is 1.28. The molecule has 3 N–H and O–H groups in total. The van der Waals surface area contributed by atoms with E-state index < -0.39 is 5.60 Å². The molecule has 0 fully saturated rings. The molecule has 0 atom stereocenters. The largest absolute Gasteiger partial charge is 0.421 e. The Morgan fingerprint density at radius 1 is 1.67 bits per heavy atom. The van der Waals surface area contributed by atoms with Crippen LogP contribution >= 0.6 is 0 Å². The molecule has 1 aromatic heterocycles. The van der Waals surface area contributed by atoms with Crippen LogP contribution in [0.3, 0.4) is 0 Å². The van der Waals surface area contributed by atoms with Crippen molar-refractivity contribution in [3.8, 4) is 6.07 Å². The molecule has 0 spiro atoms. The third kappa shape index (κ3) is 1.38. The second kappa shape index (κ2) is 2.50. The van der Waals surface area contributed by atoms with Gasteiger partial charge in [0.25, 0.3) is 0 Å². The van der Waals surface area contributed by atoms with Crippen LogP contribution in [0.2, 0.25) is 0 Å². The number of aromatic nitrogens is 1. The van der Waals surface area contributed by atoms with Crippen LogP contribution in [0.25, 0.3) is 0 Å². The topological polar surface area (TPSA) is 96.1 Å². The minimum absolute atomic E-state index is 0.00660. The monoisotopic (exact) mass is 167 g/mol. The van der Waals surface area contributed by atoms with Gasteiger partial charge in [0.05, 0.1) is 0 Å². The van der Waals surface area contributed by atoms with Crippen LogP contribution in [0.4, 0.5) is 5.88 Å². The van der Waals surface area contributed by atoms with Crippen LogP contribution in [-0.2, 0) is 5.60 Å². The summed E-state index contributed by atoms with van der Waals surface area (Å²) in [5, 5.41) is 17.9. The van der Waals surface area contributed by atoms with Gasteiger partial charge in [0.15, 0.2) is 0 Å². The van der Waals surface area contributed by atoms with Gasteiger partial charge in [-0.1, -0.05) is 0 Å². The van der Waals surface area contributed by atoms with Gasteiger partial charge in [-0.15, -0.1) is 0 Å². The standard InChI is InChI=1S/C7H9N3O2/c1-7(2,11)6-10-4(3-8)5(9)12-6/h11H,9H2,1-2H3. The summed E-state index contributed by atoms with van der Waals surface area (Å²) in [5.74, 6) is -0.00817. The van der Waals surface area contributed by atoms with Gasteiger partial charge in [-0.25, -0.2) is 0 Å². The first kappa shape index (κ1) is 8.56. The summed E-state index contributed by atoms with van der Waals surface area (Å²) in [6.07, 6.45) is 0. The highest BCUT2D eigenvalue weighted by Crippen LogP contribution is 2.22. The van der Waals surface area contributed by atoms with Crippen LogP contribution < -0.4 is 5.73 Å². The molecule has 12 heavy (non-hydrogen) atoms. The minimum Gasteiger partial charge on any atom is -0.421 e. The highest BCUT2D eigenvalue weighted by molar-refractivity contribution is 5.40. The molecule has 0 amide bonds. The summed E-state index contributed by atoms with van der Waals surface area (Å²) in [4.78, 5) is 3.70. The van der Waals surface area contributed by atoms with E-state index in [1.807, 2.05) is 0 Å². The second-order valence-electron chi connectivity index (χ2n) is 2.90. The molecule has 0 aliphatic heterocycles. The normalized spacial score (nSPS) is 11.2. The Labute approximate surface area is 69.4 Å². The maximum absolute atomic E-state index is 9.40. The summed E-state index contributed by atoms with van der Waals surface area (Å²) < 4.78 is 4.86. The zero-order valence-corrected chi connectivity index (χ0v) is 6.83. The summed E-state index contributed by atoms with van der Waals surface area (Å²) in [7, 11) is 0. The lowest BCUT2D eigenvalue weighted by Crippen LogP contribution is -2.15. The summed E-state index contributed by atoms with van der Waals surface area (Å²) >= 11 is 0. The first-order valence-electron chi connectivity index (χ1n) is 3.34. The lowest BCUT2D eigenvalue weighted by Gasteiger charge is -2.10. The van der Waals surface area contributed by atoms with E-state index >= 15 is 0 Å². The van der Waals surface area contributed by atoms with Gasteiger partial charge in [-0.3, -0.25) is 0 Å². The van der Waals surface area contributed by atoms with Crippen LogP contribution in [0.1, 0.15) is 25.4 Å². The Hall–Kier alpha value is -1.54. The highest BCUT2D eigenvalue weighted by atomic mass is 16.4. The van der Waals surface area contributed by atoms with Crippen molar-refractivity contribution in [1.82, 2.24) is 4.98 Å². The molecule has 0 aliphatic carbocycles. The Balaban J connectivity index is 3.16. The molecule has 0 aliphatic rings. The molecular formula is C7H9N3O2. The van der Waals surface area contributed by atoms with E-state index in [0.717, 1.165) is 0 Å². The number of anilines is 1. The van der Waals surface area contributed by atoms with Gasteiger partial charge in [-0.05, 0) is 13.8 Å². The Kier molecular flexibility index (Phi) is 1.78. The quantitative estimate of drug-likeness (QED) is 0.629. The van der Waals surface area contributed by atoms with Crippen molar-refractivity contribution in [1.29, 1.82) is 5.26 Å². The summed E-state index contributed by atoms with van der Waals surface area (Å²) in [6.45, 7) is 3.00. The fraction of sp³-hybridized carbons (Fsp3) is 0.429. The number of aliphatic hydroxyl groups is 1. The molecule has 0 saturated carbocycles. The zero-order chi connectivity index (χ0) is 9.35. The van der Waals surface area contributed by atoms with E-state index in [1.54, 1.807) is 6.07 Å². The molecule has 5 nitrogen and oxygen atoms in total. The number of hydrogen-bond donors (Lipinski definition) is 2. The summed E-state index contributed by atoms with van der Waals surface area (Å²) in [5.41, 5.74) is 4.09. The summed E-state index contributed by atoms with van der Waals surface area (Å²) in [6, 6.07) is 1.75. The van der Waals surface area contributed by atoms with Crippen molar-refractivity contribution in [2.45, 2.75) is 19.4 Å². The van der Waals surface area contributed by atoms with E-state index in [1.165, 1.54) is 13.8 Å². The number of nitrogen functional groups attached to an aromatic ring is 1. The van der Waals surface area contributed by atoms with Crippen molar-refractivity contribution < 1.29 is 9.52 Å². The molecule has 1 rings (SSSR count). The van der Waals surface area contributed by atoms with E-state index in [-0.39, 0.29) is 17.5 Å². The fourth-order valence-electron chi connectivity index (χ4n) is 0.674. The zero-order valence-electron chi connectivity index (χ0n) is 6.83. The number of hydrogen-bond acceptors (Lipinski definition) is 5. The maximum Gasteiger partial charge on any atom is 0.229 e. The molecule has 64 valence electrons. The van der Waals surface area contributed by atoms with Gasteiger partial charge in [0.1, 0.15) is 11.7 Å². The molecule has 0 unspecified atom stereocenters.